The molecule has 0 saturated heterocycles. The van der Waals surface area contributed by atoms with Crippen LogP contribution in [-0.2, 0) is 11.2 Å². The first-order valence-electron chi connectivity index (χ1n) is 9.47. The zero-order chi connectivity index (χ0) is 20.6. The Hall–Kier alpha value is -3.78. The van der Waals surface area contributed by atoms with Crippen LogP contribution in [0.5, 0.6) is 0 Å². The third-order valence-corrected chi connectivity index (χ3v) is 4.68. The van der Waals surface area contributed by atoms with Crippen LogP contribution in [-0.4, -0.2) is 31.5 Å². The number of allylic oxidation sites excluding steroid dienone is 2. The van der Waals surface area contributed by atoms with Crippen molar-refractivity contribution in [3.63, 3.8) is 0 Å². The first kappa shape index (κ1) is 20.0. The third kappa shape index (κ3) is 5.14. The van der Waals surface area contributed by atoms with E-state index in [1.54, 1.807) is 12.2 Å². The lowest BCUT2D eigenvalue weighted by atomic mass is 10.1. The second-order valence-electron chi connectivity index (χ2n) is 6.90. The SMILES string of the molecule is CN(C)c1ccc(/C=C/C=C(/C#N)C(=O)NCCc2c[nH]c3ccccc23)cc1. The minimum absolute atomic E-state index is 0.0880. The second-order valence-corrected chi connectivity index (χ2v) is 6.90. The van der Waals surface area contributed by atoms with E-state index in [0.717, 1.165) is 27.7 Å². The minimum atomic E-state index is -0.361. The molecule has 146 valence electrons. The van der Waals surface area contributed by atoms with Crippen molar-refractivity contribution >= 4 is 28.6 Å². The van der Waals surface area contributed by atoms with Crippen LogP contribution in [0.1, 0.15) is 11.1 Å². The summed E-state index contributed by atoms with van der Waals surface area (Å²) in [7, 11) is 3.98. The Bertz CT molecular complexity index is 1080. The molecule has 5 nitrogen and oxygen atoms in total. The summed E-state index contributed by atoms with van der Waals surface area (Å²) in [5.41, 5.74) is 4.43. The number of carbonyl (C=O) groups excluding carboxylic acids is 1. The lowest BCUT2D eigenvalue weighted by molar-refractivity contribution is -0.117. The molecule has 1 heterocycles. The van der Waals surface area contributed by atoms with Gasteiger partial charge in [-0.05, 0) is 41.8 Å². The van der Waals surface area contributed by atoms with E-state index >= 15 is 0 Å². The van der Waals surface area contributed by atoms with Gasteiger partial charge in [-0.25, -0.2) is 0 Å². The van der Waals surface area contributed by atoms with Crippen molar-refractivity contribution in [1.29, 1.82) is 5.26 Å². The van der Waals surface area contributed by atoms with E-state index in [-0.39, 0.29) is 11.5 Å². The molecule has 0 spiro atoms. The lowest BCUT2D eigenvalue weighted by Gasteiger charge is -2.11. The van der Waals surface area contributed by atoms with Crippen LogP contribution in [0.25, 0.3) is 17.0 Å². The van der Waals surface area contributed by atoms with E-state index in [0.29, 0.717) is 13.0 Å². The molecule has 2 aromatic carbocycles. The van der Waals surface area contributed by atoms with E-state index in [1.807, 2.05) is 79.8 Å². The molecule has 0 saturated carbocycles. The van der Waals surface area contributed by atoms with Gasteiger partial charge in [0.25, 0.3) is 5.91 Å². The van der Waals surface area contributed by atoms with Crippen molar-refractivity contribution in [3.05, 3.63) is 83.6 Å². The van der Waals surface area contributed by atoms with Crippen LogP contribution in [0.4, 0.5) is 5.69 Å². The highest BCUT2D eigenvalue weighted by atomic mass is 16.1. The molecule has 0 aliphatic heterocycles. The van der Waals surface area contributed by atoms with Crippen molar-refractivity contribution in [3.8, 4) is 6.07 Å². The van der Waals surface area contributed by atoms with Crippen LogP contribution < -0.4 is 10.2 Å². The summed E-state index contributed by atoms with van der Waals surface area (Å²) < 4.78 is 0. The van der Waals surface area contributed by atoms with E-state index in [9.17, 15) is 10.1 Å². The van der Waals surface area contributed by atoms with Gasteiger partial charge in [-0.15, -0.1) is 0 Å². The third-order valence-electron chi connectivity index (χ3n) is 4.68. The number of aromatic nitrogens is 1. The maximum atomic E-state index is 12.3. The smallest absolute Gasteiger partial charge is 0.261 e. The fourth-order valence-electron chi connectivity index (χ4n) is 3.05. The van der Waals surface area contributed by atoms with Gasteiger partial charge in [0.1, 0.15) is 11.6 Å². The first-order valence-corrected chi connectivity index (χ1v) is 9.47. The number of hydrogen-bond acceptors (Lipinski definition) is 3. The van der Waals surface area contributed by atoms with Gasteiger partial charge in [-0.2, -0.15) is 5.26 Å². The number of carbonyl (C=O) groups is 1. The zero-order valence-electron chi connectivity index (χ0n) is 16.6. The van der Waals surface area contributed by atoms with Gasteiger partial charge in [0.2, 0.25) is 0 Å². The summed E-state index contributed by atoms with van der Waals surface area (Å²) in [4.78, 5) is 17.5. The van der Waals surface area contributed by atoms with E-state index in [2.05, 4.69) is 16.4 Å². The van der Waals surface area contributed by atoms with Crippen LogP contribution in [0.15, 0.2) is 72.5 Å². The predicted molar refractivity (Wildman–Crippen MR) is 119 cm³/mol. The molecule has 0 unspecified atom stereocenters. The average Bonchev–Trinajstić information content (AvgIpc) is 3.14. The molecule has 0 aliphatic carbocycles. The number of benzene rings is 2. The Morgan fingerprint density at radius 3 is 2.66 bits per heavy atom. The van der Waals surface area contributed by atoms with E-state index in [1.165, 1.54) is 0 Å². The minimum Gasteiger partial charge on any atom is -0.378 e. The van der Waals surface area contributed by atoms with Crippen LogP contribution in [0.2, 0.25) is 0 Å². The normalized spacial score (nSPS) is 11.6. The molecule has 5 heteroatoms. The molecular formula is C24H24N4O. The van der Waals surface area contributed by atoms with Gasteiger partial charge in [0.05, 0.1) is 0 Å². The zero-order valence-corrected chi connectivity index (χ0v) is 16.6. The van der Waals surface area contributed by atoms with E-state index in [4.69, 9.17) is 0 Å². The Kier molecular flexibility index (Phi) is 6.49. The van der Waals surface area contributed by atoms with Crippen LogP contribution >= 0.6 is 0 Å². The first-order chi connectivity index (χ1) is 14.1. The van der Waals surface area contributed by atoms with Gasteiger partial charge in [-0.3, -0.25) is 4.79 Å². The molecule has 1 aromatic heterocycles. The molecule has 0 fully saturated rings. The second kappa shape index (κ2) is 9.43. The fraction of sp³-hybridized carbons (Fsp3) is 0.167. The van der Waals surface area contributed by atoms with Gasteiger partial charge >= 0.3 is 0 Å². The Morgan fingerprint density at radius 1 is 1.17 bits per heavy atom. The standard InChI is InChI=1S/C24H24N4O/c1-28(2)21-12-10-18(11-13-21)6-5-7-19(16-25)24(29)26-15-14-20-17-27-23-9-4-3-8-22(20)23/h3-13,17,27H,14-15H2,1-2H3,(H,26,29)/b6-5+,19-7-. The molecule has 3 aromatic rings. The Labute approximate surface area is 171 Å². The van der Waals surface area contributed by atoms with E-state index < -0.39 is 0 Å². The number of anilines is 1. The topological polar surface area (TPSA) is 71.9 Å². The highest BCUT2D eigenvalue weighted by Gasteiger charge is 2.08. The highest BCUT2D eigenvalue weighted by molar-refractivity contribution is 5.97. The van der Waals surface area contributed by atoms with Gasteiger partial charge in [-0.1, -0.05) is 42.5 Å². The molecule has 0 atom stereocenters. The molecule has 29 heavy (non-hydrogen) atoms. The van der Waals surface area contributed by atoms with Crippen molar-refractivity contribution in [2.75, 3.05) is 25.5 Å². The van der Waals surface area contributed by atoms with Crippen molar-refractivity contribution < 1.29 is 4.79 Å². The largest absolute Gasteiger partial charge is 0.378 e. The Morgan fingerprint density at radius 2 is 1.93 bits per heavy atom. The molecule has 0 bridgehead atoms. The molecule has 2 N–H and O–H groups in total. The fourth-order valence-corrected chi connectivity index (χ4v) is 3.05. The maximum absolute atomic E-state index is 12.3. The monoisotopic (exact) mass is 384 g/mol. The number of aromatic amines is 1. The van der Waals surface area contributed by atoms with Gasteiger partial charge < -0.3 is 15.2 Å². The number of para-hydroxylation sites is 1. The molecule has 3 rings (SSSR count). The number of hydrogen-bond donors (Lipinski definition) is 2. The molecular weight excluding hydrogens is 360 g/mol. The summed E-state index contributed by atoms with van der Waals surface area (Å²) >= 11 is 0. The Balaban J connectivity index is 1.56. The average molecular weight is 384 g/mol. The number of rotatable bonds is 7. The number of amides is 1. The quantitative estimate of drug-likeness (QED) is 0.367. The number of nitrogens with zero attached hydrogens (tertiary/aromatic N) is 2. The number of H-pyrrole nitrogens is 1. The number of nitrogens with one attached hydrogen (secondary N) is 2. The van der Waals surface area contributed by atoms with Gasteiger partial charge in [0, 0.05) is 43.4 Å². The maximum Gasteiger partial charge on any atom is 0.261 e. The summed E-state index contributed by atoms with van der Waals surface area (Å²) in [6.07, 6.45) is 7.80. The van der Waals surface area contributed by atoms with Crippen molar-refractivity contribution in [1.82, 2.24) is 10.3 Å². The molecule has 1 amide bonds. The summed E-state index contributed by atoms with van der Waals surface area (Å²) in [6, 6.07) is 18.1. The number of fused-ring (bicyclic) bond motifs is 1. The summed E-state index contributed by atoms with van der Waals surface area (Å²) in [5, 5.41) is 13.3. The predicted octanol–water partition coefficient (Wildman–Crippen LogP) is 4.06. The van der Waals surface area contributed by atoms with Crippen LogP contribution in [0, 0.1) is 11.3 Å². The van der Waals surface area contributed by atoms with Crippen molar-refractivity contribution in [2.45, 2.75) is 6.42 Å². The van der Waals surface area contributed by atoms with Gasteiger partial charge in [0.15, 0.2) is 0 Å². The van der Waals surface area contributed by atoms with Crippen molar-refractivity contribution in [2.24, 2.45) is 0 Å². The highest BCUT2D eigenvalue weighted by Crippen LogP contribution is 2.17. The lowest BCUT2D eigenvalue weighted by Crippen LogP contribution is -2.26. The molecule has 0 aliphatic rings. The number of nitriles is 1. The summed E-state index contributed by atoms with van der Waals surface area (Å²) in [5.74, 6) is -0.361. The molecule has 0 radical (unpaired) electrons. The van der Waals surface area contributed by atoms with Crippen LogP contribution in [0.3, 0.4) is 0 Å². The summed E-state index contributed by atoms with van der Waals surface area (Å²) in [6.45, 7) is 0.468.